The van der Waals surface area contributed by atoms with Gasteiger partial charge in [-0.3, -0.25) is 0 Å². The zero-order valence-electron chi connectivity index (χ0n) is 9.76. The molecule has 2 unspecified atom stereocenters. The van der Waals surface area contributed by atoms with Crippen molar-refractivity contribution >= 4 is 5.69 Å². The number of nitrogens with zero attached hydrogens (tertiary/aromatic N) is 1. The Bertz CT molecular complexity index is 354. The molecule has 0 bridgehead atoms. The molecule has 1 fully saturated rings. The molecule has 1 heterocycles. The fraction of sp³-hybridized carbons (Fsp3) is 0.538. The van der Waals surface area contributed by atoms with E-state index in [0.717, 1.165) is 30.8 Å². The molecule has 1 aromatic rings. The van der Waals surface area contributed by atoms with Gasteiger partial charge in [0.2, 0.25) is 0 Å². The maximum Gasteiger partial charge on any atom is 0.0831 e. The van der Waals surface area contributed by atoms with Gasteiger partial charge in [0, 0.05) is 18.2 Å². The highest BCUT2D eigenvalue weighted by Gasteiger charge is 2.25. The predicted octanol–water partition coefficient (Wildman–Crippen LogP) is 1.64. The van der Waals surface area contributed by atoms with Crippen LogP contribution >= 0.6 is 0 Å². The second-order valence-electron chi connectivity index (χ2n) is 4.78. The lowest BCUT2D eigenvalue weighted by atomic mass is 9.88. The lowest BCUT2D eigenvalue weighted by Crippen LogP contribution is -2.35. The molecule has 0 radical (unpaired) electrons. The zero-order chi connectivity index (χ0) is 11.5. The first-order chi connectivity index (χ1) is 7.66. The van der Waals surface area contributed by atoms with Gasteiger partial charge in [-0.2, -0.15) is 0 Å². The van der Waals surface area contributed by atoms with Gasteiger partial charge in [-0.25, -0.2) is 0 Å². The minimum Gasteiger partial charge on any atom is -0.399 e. The molecule has 3 heteroatoms. The molecule has 0 amide bonds. The van der Waals surface area contributed by atoms with E-state index in [1.807, 2.05) is 24.3 Å². The largest absolute Gasteiger partial charge is 0.399 e. The summed E-state index contributed by atoms with van der Waals surface area (Å²) in [5, 5.41) is 10.3. The molecule has 1 aliphatic heterocycles. The number of aliphatic hydroxyl groups is 1. The van der Waals surface area contributed by atoms with E-state index in [-0.39, 0.29) is 6.10 Å². The standard InChI is InChI=1S/C13H20N2O/c1-15-7-3-5-11(9-15)13(16)10-4-2-6-12(14)8-10/h2,4,6,8,11,13,16H,3,5,7,9,14H2,1H3. The van der Waals surface area contributed by atoms with Crippen molar-refractivity contribution in [3.63, 3.8) is 0 Å². The van der Waals surface area contributed by atoms with E-state index in [9.17, 15) is 5.11 Å². The maximum atomic E-state index is 10.3. The summed E-state index contributed by atoms with van der Waals surface area (Å²) >= 11 is 0. The van der Waals surface area contributed by atoms with Crippen molar-refractivity contribution in [1.29, 1.82) is 0 Å². The van der Waals surface area contributed by atoms with Crippen molar-refractivity contribution in [1.82, 2.24) is 4.90 Å². The van der Waals surface area contributed by atoms with Gasteiger partial charge < -0.3 is 15.7 Å². The number of piperidine rings is 1. The number of anilines is 1. The van der Waals surface area contributed by atoms with Crippen molar-refractivity contribution < 1.29 is 5.11 Å². The highest BCUT2D eigenvalue weighted by atomic mass is 16.3. The molecule has 0 aromatic heterocycles. The molecule has 0 saturated carbocycles. The van der Waals surface area contributed by atoms with E-state index in [1.165, 1.54) is 6.42 Å². The van der Waals surface area contributed by atoms with Gasteiger partial charge in [-0.1, -0.05) is 12.1 Å². The van der Waals surface area contributed by atoms with E-state index in [1.54, 1.807) is 0 Å². The van der Waals surface area contributed by atoms with Crippen molar-refractivity contribution in [3.05, 3.63) is 29.8 Å². The Morgan fingerprint density at radius 3 is 3.00 bits per heavy atom. The average molecular weight is 220 g/mol. The van der Waals surface area contributed by atoms with E-state index in [2.05, 4.69) is 11.9 Å². The van der Waals surface area contributed by atoms with Crippen LogP contribution < -0.4 is 5.73 Å². The molecule has 88 valence electrons. The quantitative estimate of drug-likeness (QED) is 0.745. The molecule has 0 aliphatic carbocycles. The van der Waals surface area contributed by atoms with Gasteiger partial charge >= 0.3 is 0 Å². The molecular weight excluding hydrogens is 200 g/mol. The van der Waals surface area contributed by atoms with E-state index in [0.29, 0.717) is 5.92 Å². The Morgan fingerprint density at radius 1 is 1.50 bits per heavy atom. The summed E-state index contributed by atoms with van der Waals surface area (Å²) in [5.74, 6) is 0.334. The zero-order valence-corrected chi connectivity index (χ0v) is 9.76. The van der Waals surface area contributed by atoms with Crippen LogP contribution in [0.3, 0.4) is 0 Å². The molecule has 1 aliphatic rings. The van der Waals surface area contributed by atoms with E-state index < -0.39 is 0 Å². The molecule has 1 saturated heterocycles. The van der Waals surface area contributed by atoms with Crippen LogP contribution in [0.1, 0.15) is 24.5 Å². The topological polar surface area (TPSA) is 49.5 Å². The smallest absolute Gasteiger partial charge is 0.0831 e. The van der Waals surface area contributed by atoms with E-state index in [4.69, 9.17) is 5.73 Å². The summed E-state index contributed by atoms with van der Waals surface area (Å²) < 4.78 is 0. The number of likely N-dealkylation sites (tertiary alicyclic amines) is 1. The predicted molar refractivity (Wildman–Crippen MR) is 66.0 cm³/mol. The van der Waals surface area contributed by atoms with Crippen LogP contribution in [0.5, 0.6) is 0 Å². The summed E-state index contributed by atoms with van der Waals surface area (Å²) in [7, 11) is 2.11. The lowest BCUT2D eigenvalue weighted by molar-refractivity contribution is 0.0592. The molecule has 0 spiro atoms. The number of rotatable bonds is 2. The number of nitrogens with two attached hydrogens (primary N) is 1. The number of hydrogen-bond donors (Lipinski definition) is 2. The Morgan fingerprint density at radius 2 is 2.31 bits per heavy atom. The van der Waals surface area contributed by atoms with Crippen molar-refractivity contribution in [2.75, 3.05) is 25.9 Å². The first-order valence-electron chi connectivity index (χ1n) is 5.89. The van der Waals surface area contributed by atoms with Gasteiger partial charge in [-0.05, 0) is 44.1 Å². The van der Waals surface area contributed by atoms with Crippen LogP contribution in [-0.4, -0.2) is 30.1 Å². The molecule has 16 heavy (non-hydrogen) atoms. The SMILES string of the molecule is CN1CCCC(C(O)c2cccc(N)c2)C1. The number of hydrogen-bond acceptors (Lipinski definition) is 3. The van der Waals surface area contributed by atoms with Crippen molar-refractivity contribution in [2.45, 2.75) is 18.9 Å². The minimum absolute atomic E-state index is 0.334. The Hall–Kier alpha value is -1.06. The summed E-state index contributed by atoms with van der Waals surface area (Å²) in [6.45, 7) is 2.11. The normalized spacial score (nSPS) is 24.2. The third-order valence-electron chi connectivity index (χ3n) is 3.36. The molecule has 2 atom stereocenters. The molecular formula is C13H20N2O. The Kier molecular flexibility index (Phi) is 3.46. The van der Waals surface area contributed by atoms with Gasteiger partial charge in [-0.15, -0.1) is 0 Å². The van der Waals surface area contributed by atoms with Crippen molar-refractivity contribution in [3.8, 4) is 0 Å². The summed E-state index contributed by atoms with van der Waals surface area (Å²) in [4.78, 5) is 2.28. The second kappa shape index (κ2) is 4.85. The van der Waals surface area contributed by atoms with Gasteiger partial charge in [0.05, 0.1) is 6.10 Å². The first-order valence-corrected chi connectivity index (χ1v) is 5.89. The third kappa shape index (κ3) is 2.54. The van der Waals surface area contributed by atoms with E-state index >= 15 is 0 Å². The minimum atomic E-state index is -0.383. The summed E-state index contributed by atoms with van der Waals surface area (Å²) in [5.41, 5.74) is 7.40. The summed E-state index contributed by atoms with van der Waals surface area (Å²) in [6.07, 6.45) is 1.88. The average Bonchev–Trinajstić information content (AvgIpc) is 2.28. The van der Waals surface area contributed by atoms with Crippen LogP contribution in [0.2, 0.25) is 0 Å². The summed E-state index contributed by atoms with van der Waals surface area (Å²) in [6, 6.07) is 7.58. The fourth-order valence-electron chi connectivity index (χ4n) is 2.48. The molecule has 1 aromatic carbocycles. The van der Waals surface area contributed by atoms with Crippen LogP contribution in [0.4, 0.5) is 5.69 Å². The third-order valence-corrected chi connectivity index (χ3v) is 3.36. The van der Waals surface area contributed by atoms with Gasteiger partial charge in [0.15, 0.2) is 0 Å². The first kappa shape index (κ1) is 11.4. The second-order valence-corrected chi connectivity index (χ2v) is 4.78. The monoisotopic (exact) mass is 220 g/mol. The van der Waals surface area contributed by atoms with Crippen LogP contribution in [-0.2, 0) is 0 Å². The van der Waals surface area contributed by atoms with Crippen LogP contribution in [0.15, 0.2) is 24.3 Å². The number of aliphatic hydroxyl groups excluding tert-OH is 1. The van der Waals surface area contributed by atoms with Gasteiger partial charge in [0.1, 0.15) is 0 Å². The van der Waals surface area contributed by atoms with Gasteiger partial charge in [0.25, 0.3) is 0 Å². The lowest BCUT2D eigenvalue weighted by Gasteiger charge is -2.32. The highest BCUT2D eigenvalue weighted by Crippen LogP contribution is 2.29. The molecule has 3 nitrogen and oxygen atoms in total. The Labute approximate surface area is 96.9 Å². The highest BCUT2D eigenvalue weighted by molar-refractivity contribution is 5.41. The van der Waals surface area contributed by atoms with Crippen LogP contribution in [0.25, 0.3) is 0 Å². The molecule has 2 rings (SSSR count). The Balaban J connectivity index is 2.09. The number of nitrogen functional groups attached to an aromatic ring is 1. The fourth-order valence-corrected chi connectivity index (χ4v) is 2.48. The van der Waals surface area contributed by atoms with Crippen molar-refractivity contribution in [2.24, 2.45) is 5.92 Å². The van der Waals surface area contributed by atoms with Crippen LogP contribution in [0, 0.1) is 5.92 Å². The number of benzene rings is 1. The molecule has 3 N–H and O–H groups in total. The maximum absolute atomic E-state index is 10.3.